The van der Waals surface area contributed by atoms with E-state index in [2.05, 4.69) is 0 Å². The van der Waals surface area contributed by atoms with Crippen molar-refractivity contribution >= 4 is 23.0 Å². The lowest BCUT2D eigenvalue weighted by Crippen LogP contribution is -2.30. The fraction of sp³-hybridized carbons (Fsp3) is 0.333. The van der Waals surface area contributed by atoms with Crippen LogP contribution in [0.25, 0.3) is 0 Å². The van der Waals surface area contributed by atoms with E-state index < -0.39 is 17.7 Å². The Bertz CT molecular complexity index is 870. The highest BCUT2D eigenvalue weighted by molar-refractivity contribution is 7.10. The molecule has 1 aliphatic heterocycles. The van der Waals surface area contributed by atoms with Crippen LogP contribution in [-0.4, -0.2) is 28.8 Å². The molecule has 0 aliphatic carbocycles. The van der Waals surface area contributed by atoms with Crippen LogP contribution in [0.3, 0.4) is 0 Å². The van der Waals surface area contributed by atoms with Crippen molar-refractivity contribution < 1.29 is 19.4 Å². The van der Waals surface area contributed by atoms with Gasteiger partial charge in [-0.15, -0.1) is 11.3 Å². The first kappa shape index (κ1) is 19.2. The van der Waals surface area contributed by atoms with E-state index in [4.69, 9.17) is 4.74 Å². The smallest absolute Gasteiger partial charge is 0.290 e. The molecular formula is C21H23NO4S. The first-order valence-electron chi connectivity index (χ1n) is 8.86. The number of carbonyl (C=O) groups is 2. The Morgan fingerprint density at radius 1 is 1.26 bits per heavy atom. The molecule has 0 saturated heterocycles. The number of rotatable bonds is 7. The summed E-state index contributed by atoms with van der Waals surface area (Å²) in [5, 5.41) is 12.4. The molecule has 0 bridgehead atoms. The Morgan fingerprint density at radius 3 is 2.63 bits per heavy atom. The minimum atomic E-state index is -0.575. The molecule has 1 aromatic carbocycles. The molecule has 0 saturated carbocycles. The number of ketones is 1. The minimum Gasteiger partial charge on any atom is -0.503 e. The van der Waals surface area contributed by atoms with Crippen molar-refractivity contribution in [3.05, 3.63) is 63.6 Å². The third kappa shape index (κ3) is 3.76. The van der Waals surface area contributed by atoms with E-state index in [1.54, 1.807) is 12.0 Å². The normalized spacial score (nSPS) is 17.1. The maximum absolute atomic E-state index is 12.8. The number of ether oxygens (including phenoxy) is 1. The highest BCUT2D eigenvalue weighted by Crippen LogP contribution is 2.41. The highest BCUT2D eigenvalue weighted by atomic mass is 32.1. The summed E-state index contributed by atoms with van der Waals surface area (Å²) in [6.07, 6.45) is 0.289. The van der Waals surface area contributed by atoms with Crippen LogP contribution in [-0.2, 0) is 16.1 Å². The Balaban J connectivity index is 2.01. The standard InChI is InChI=1S/C21H23NO4S/c1-13(2)11-15(23)18-19(17-9-6-10-27-17)22(21(25)20(18)24)12-14-7-4-5-8-16(14)26-3/h4-10,13,19,24H,11-12H2,1-3H3. The van der Waals surface area contributed by atoms with Gasteiger partial charge >= 0.3 is 0 Å². The van der Waals surface area contributed by atoms with Crippen LogP contribution in [0.4, 0.5) is 0 Å². The maximum Gasteiger partial charge on any atom is 0.290 e. The lowest BCUT2D eigenvalue weighted by Gasteiger charge is -2.26. The zero-order valence-corrected chi connectivity index (χ0v) is 16.5. The van der Waals surface area contributed by atoms with Gasteiger partial charge in [0.1, 0.15) is 5.75 Å². The second kappa shape index (κ2) is 7.96. The number of hydrogen-bond donors (Lipinski definition) is 1. The number of nitrogens with zero attached hydrogens (tertiary/aromatic N) is 1. The van der Waals surface area contributed by atoms with Gasteiger partial charge in [0.15, 0.2) is 11.5 Å². The average Bonchev–Trinajstić information content (AvgIpc) is 3.24. The van der Waals surface area contributed by atoms with E-state index in [1.807, 2.05) is 55.6 Å². The van der Waals surface area contributed by atoms with E-state index in [0.29, 0.717) is 5.75 Å². The Morgan fingerprint density at radius 2 is 2.00 bits per heavy atom. The predicted molar refractivity (Wildman–Crippen MR) is 105 cm³/mol. The van der Waals surface area contributed by atoms with Gasteiger partial charge in [0.2, 0.25) is 0 Å². The second-order valence-corrected chi connectivity index (χ2v) is 7.93. The topological polar surface area (TPSA) is 66.8 Å². The molecule has 3 rings (SSSR count). The summed E-state index contributed by atoms with van der Waals surface area (Å²) in [6.45, 7) is 4.13. The van der Waals surface area contributed by atoms with Crippen LogP contribution in [0, 0.1) is 5.92 Å². The molecule has 1 N–H and O–H groups in total. The number of carbonyl (C=O) groups excluding carboxylic acids is 2. The van der Waals surface area contributed by atoms with Gasteiger partial charge in [-0.25, -0.2) is 0 Å². The van der Waals surface area contributed by atoms with Crippen LogP contribution in [0.2, 0.25) is 0 Å². The lowest BCUT2D eigenvalue weighted by atomic mass is 9.95. The van der Waals surface area contributed by atoms with Gasteiger partial charge in [0, 0.05) is 16.9 Å². The number of aliphatic hydroxyl groups excluding tert-OH is 1. The molecule has 1 atom stereocenters. The molecule has 0 radical (unpaired) electrons. The van der Waals surface area contributed by atoms with E-state index >= 15 is 0 Å². The largest absolute Gasteiger partial charge is 0.503 e. The number of hydrogen-bond acceptors (Lipinski definition) is 5. The van der Waals surface area contributed by atoms with Crippen LogP contribution in [0.5, 0.6) is 5.75 Å². The third-order valence-corrected chi connectivity index (χ3v) is 5.47. The number of benzene rings is 1. The van der Waals surface area contributed by atoms with Crippen molar-refractivity contribution in [3.8, 4) is 5.75 Å². The lowest BCUT2D eigenvalue weighted by molar-refractivity contribution is -0.130. The van der Waals surface area contributed by atoms with Crippen molar-refractivity contribution in [2.45, 2.75) is 32.9 Å². The molecule has 27 heavy (non-hydrogen) atoms. The maximum atomic E-state index is 12.8. The fourth-order valence-electron chi connectivity index (χ4n) is 3.34. The van der Waals surface area contributed by atoms with E-state index in [1.165, 1.54) is 11.3 Å². The molecule has 2 aromatic rings. The second-order valence-electron chi connectivity index (χ2n) is 6.95. The van der Waals surface area contributed by atoms with Crippen molar-refractivity contribution in [2.24, 2.45) is 5.92 Å². The summed E-state index contributed by atoms with van der Waals surface area (Å²) >= 11 is 1.47. The summed E-state index contributed by atoms with van der Waals surface area (Å²) in [5.41, 5.74) is 1.02. The summed E-state index contributed by atoms with van der Waals surface area (Å²) in [4.78, 5) is 28.1. The van der Waals surface area contributed by atoms with Gasteiger partial charge in [-0.1, -0.05) is 38.1 Å². The minimum absolute atomic E-state index is 0.139. The molecule has 1 aromatic heterocycles. The third-order valence-electron chi connectivity index (χ3n) is 4.54. The van der Waals surface area contributed by atoms with Crippen molar-refractivity contribution in [1.82, 2.24) is 4.90 Å². The first-order chi connectivity index (χ1) is 12.9. The first-order valence-corrected chi connectivity index (χ1v) is 9.74. The molecule has 0 fully saturated rings. The molecule has 1 amide bonds. The van der Waals surface area contributed by atoms with Crippen molar-refractivity contribution in [1.29, 1.82) is 0 Å². The Kier molecular flexibility index (Phi) is 5.65. The van der Waals surface area contributed by atoms with Crippen LogP contribution >= 0.6 is 11.3 Å². The van der Waals surface area contributed by atoms with Gasteiger partial charge in [0.05, 0.1) is 25.3 Å². The monoisotopic (exact) mass is 385 g/mol. The Labute approximate surface area is 162 Å². The Hall–Kier alpha value is -2.60. The number of Topliss-reactive ketones (excluding diaryl/α,β-unsaturated/α-hetero) is 1. The zero-order chi connectivity index (χ0) is 19.6. The van der Waals surface area contributed by atoms with Gasteiger partial charge in [-0.3, -0.25) is 9.59 Å². The summed E-state index contributed by atoms with van der Waals surface area (Å²) in [7, 11) is 1.58. The quantitative estimate of drug-likeness (QED) is 0.773. The average molecular weight is 385 g/mol. The molecule has 2 heterocycles. The van der Waals surface area contributed by atoms with Gasteiger partial charge in [-0.2, -0.15) is 0 Å². The van der Waals surface area contributed by atoms with Crippen LogP contribution < -0.4 is 4.74 Å². The molecular weight excluding hydrogens is 362 g/mol. The number of amides is 1. The molecule has 1 unspecified atom stereocenters. The number of para-hydroxylation sites is 1. The SMILES string of the molecule is COc1ccccc1CN1C(=O)C(O)=C(C(=O)CC(C)C)C1c1cccs1. The molecule has 6 heteroatoms. The number of aliphatic hydroxyl groups is 1. The summed E-state index contributed by atoms with van der Waals surface area (Å²) in [5.74, 6) is -0.339. The van der Waals surface area contributed by atoms with Gasteiger partial charge in [0.25, 0.3) is 5.91 Å². The zero-order valence-electron chi connectivity index (χ0n) is 15.6. The molecule has 0 spiro atoms. The number of thiophene rings is 1. The van der Waals surface area contributed by atoms with Crippen molar-refractivity contribution in [3.63, 3.8) is 0 Å². The molecule has 142 valence electrons. The predicted octanol–water partition coefficient (Wildman–Crippen LogP) is 4.27. The molecule has 1 aliphatic rings. The number of methoxy groups -OCH3 is 1. The van der Waals surface area contributed by atoms with Crippen LogP contribution in [0.15, 0.2) is 53.1 Å². The summed E-state index contributed by atoms with van der Waals surface area (Å²) < 4.78 is 5.39. The van der Waals surface area contributed by atoms with E-state index in [-0.39, 0.29) is 30.2 Å². The molecule has 5 nitrogen and oxygen atoms in total. The van der Waals surface area contributed by atoms with Crippen molar-refractivity contribution in [2.75, 3.05) is 7.11 Å². The van der Waals surface area contributed by atoms with Gasteiger partial charge < -0.3 is 14.7 Å². The van der Waals surface area contributed by atoms with E-state index in [9.17, 15) is 14.7 Å². The summed E-state index contributed by atoms with van der Waals surface area (Å²) in [6, 6.07) is 10.6. The fourth-order valence-corrected chi connectivity index (χ4v) is 4.19. The highest BCUT2D eigenvalue weighted by Gasteiger charge is 2.44. The van der Waals surface area contributed by atoms with Gasteiger partial charge in [-0.05, 0) is 23.4 Å². The van der Waals surface area contributed by atoms with Crippen LogP contribution in [0.1, 0.15) is 36.8 Å². The van der Waals surface area contributed by atoms with E-state index in [0.717, 1.165) is 10.4 Å².